The highest BCUT2D eigenvalue weighted by atomic mass is 32.2. The molecule has 6 nitrogen and oxygen atoms in total. The molecule has 0 spiro atoms. The van der Waals surface area contributed by atoms with Gasteiger partial charge in [0.15, 0.2) is 9.84 Å². The molecule has 7 heteroatoms. The van der Waals surface area contributed by atoms with Crippen molar-refractivity contribution in [1.29, 1.82) is 0 Å². The van der Waals surface area contributed by atoms with Gasteiger partial charge in [-0.3, -0.25) is 4.79 Å². The Morgan fingerprint density at radius 3 is 2.88 bits per heavy atom. The van der Waals surface area contributed by atoms with Gasteiger partial charge in [0.1, 0.15) is 5.82 Å². The number of para-hydroxylation sites is 1. The average Bonchev–Trinajstić information content (AvgIpc) is 2.99. The number of carbonyl (C=O) groups is 1. The molecule has 1 aromatic carbocycles. The number of aryl methyl sites for hydroxylation is 1. The lowest BCUT2D eigenvalue weighted by Crippen LogP contribution is -2.35. The van der Waals surface area contributed by atoms with Gasteiger partial charge < -0.3 is 10.2 Å². The molecule has 1 aromatic heterocycles. The zero-order chi connectivity index (χ0) is 18.1. The van der Waals surface area contributed by atoms with Gasteiger partial charge in [-0.15, -0.1) is 0 Å². The van der Waals surface area contributed by atoms with Gasteiger partial charge in [-0.1, -0.05) is 18.2 Å². The summed E-state index contributed by atoms with van der Waals surface area (Å²) in [6, 6.07) is 11.4. The summed E-state index contributed by atoms with van der Waals surface area (Å²) in [5, 5.41) is 2.84. The Morgan fingerprint density at radius 2 is 2.08 bits per heavy atom. The molecule has 1 atom stereocenters. The summed E-state index contributed by atoms with van der Waals surface area (Å²) in [4.78, 5) is 19.1. The van der Waals surface area contributed by atoms with Crippen LogP contribution < -0.4 is 10.2 Å². The van der Waals surface area contributed by atoms with Crippen molar-refractivity contribution in [3.63, 3.8) is 0 Å². The molecule has 3 heterocycles. The Bertz CT molecular complexity index is 943. The number of carbonyl (C=O) groups excluding carboxylic acids is 1. The minimum atomic E-state index is -3.02. The summed E-state index contributed by atoms with van der Waals surface area (Å²) in [6.07, 6.45) is 4.19. The van der Waals surface area contributed by atoms with Crippen LogP contribution in [0.15, 0.2) is 42.6 Å². The second kappa shape index (κ2) is 6.72. The molecule has 1 fully saturated rings. The number of benzene rings is 1. The molecule has 1 N–H and O–H groups in total. The number of anilines is 2. The van der Waals surface area contributed by atoms with E-state index in [1.807, 2.05) is 12.1 Å². The Balaban J connectivity index is 1.55. The van der Waals surface area contributed by atoms with Crippen molar-refractivity contribution in [2.45, 2.75) is 25.3 Å². The number of sulfone groups is 1. The van der Waals surface area contributed by atoms with Gasteiger partial charge in [-0.05, 0) is 43.0 Å². The van der Waals surface area contributed by atoms with Crippen LogP contribution in [0, 0.1) is 0 Å². The first-order valence-electron chi connectivity index (χ1n) is 8.85. The van der Waals surface area contributed by atoms with Gasteiger partial charge in [0.2, 0.25) is 0 Å². The molecule has 2 aliphatic heterocycles. The van der Waals surface area contributed by atoms with Gasteiger partial charge in [0.25, 0.3) is 5.91 Å². The number of nitrogens with one attached hydrogen (secondary N) is 1. The van der Waals surface area contributed by atoms with E-state index in [2.05, 4.69) is 27.3 Å². The van der Waals surface area contributed by atoms with Crippen molar-refractivity contribution in [2.24, 2.45) is 0 Å². The predicted molar refractivity (Wildman–Crippen MR) is 101 cm³/mol. The zero-order valence-electron chi connectivity index (χ0n) is 14.4. The highest BCUT2D eigenvalue weighted by molar-refractivity contribution is 7.91. The summed E-state index contributed by atoms with van der Waals surface area (Å²) in [7, 11) is -3.02. The molecule has 0 radical (unpaired) electrons. The lowest BCUT2D eigenvalue weighted by atomic mass is 10.0. The molecule has 1 unspecified atom stereocenters. The summed E-state index contributed by atoms with van der Waals surface area (Å²) >= 11 is 0. The second-order valence-electron chi connectivity index (χ2n) is 6.86. The van der Waals surface area contributed by atoms with Crippen LogP contribution in [0.4, 0.5) is 11.5 Å². The van der Waals surface area contributed by atoms with E-state index in [0.29, 0.717) is 12.0 Å². The Labute approximate surface area is 153 Å². The smallest absolute Gasteiger partial charge is 0.251 e. The van der Waals surface area contributed by atoms with E-state index >= 15 is 0 Å². The second-order valence-corrected chi connectivity index (χ2v) is 9.09. The number of hydrogen-bond acceptors (Lipinski definition) is 5. The Morgan fingerprint density at radius 1 is 1.23 bits per heavy atom. The number of amides is 1. The minimum Gasteiger partial charge on any atom is -0.348 e. The highest BCUT2D eigenvalue weighted by Gasteiger charge is 2.29. The van der Waals surface area contributed by atoms with Gasteiger partial charge in [-0.2, -0.15) is 0 Å². The first-order valence-corrected chi connectivity index (χ1v) is 10.7. The van der Waals surface area contributed by atoms with Crippen molar-refractivity contribution in [3.8, 4) is 0 Å². The molecular formula is C19H21N3O3S. The maximum absolute atomic E-state index is 12.5. The lowest BCUT2D eigenvalue weighted by Gasteiger charge is -2.30. The number of hydrogen-bond donors (Lipinski definition) is 1. The van der Waals surface area contributed by atoms with E-state index in [-0.39, 0.29) is 23.5 Å². The Kier molecular flexibility index (Phi) is 4.40. The maximum Gasteiger partial charge on any atom is 0.251 e. The van der Waals surface area contributed by atoms with E-state index in [1.54, 1.807) is 18.3 Å². The van der Waals surface area contributed by atoms with Crippen molar-refractivity contribution < 1.29 is 13.2 Å². The van der Waals surface area contributed by atoms with Crippen LogP contribution in [0.5, 0.6) is 0 Å². The monoisotopic (exact) mass is 371 g/mol. The third-order valence-electron chi connectivity index (χ3n) is 4.96. The topological polar surface area (TPSA) is 79.4 Å². The van der Waals surface area contributed by atoms with Crippen LogP contribution in [0.3, 0.4) is 0 Å². The molecule has 2 aliphatic rings. The molecule has 0 aliphatic carbocycles. The molecule has 2 aromatic rings. The molecule has 1 amide bonds. The molecule has 26 heavy (non-hydrogen) atoms. The number of fused-ring (bicyclic) bond motifs is 1. The fraction of sp³-hybridized carbons (Fsp3) is 0.368. The number of pyridine rings is 1. The zero-order valence-corrected chi connectivity index (χ0v) is 15.2. The van der Waals surface area contributed by atoms with E-state index in [0.717, 1.165) is 30.9 Å². The molecule has 136 valence electrons. The minimum absolute atomic E-state index is 0.0240. The summed E-state index contributed by atoms with van der Waals surface area (Å²) in [5.74, 6) is 0.658. The maximum atomic E-state index is 12.5. The van der Waals surface area contributed by atoms with Crippen LogP contribution in [0.25, 0.3) is 0 Å². The van der Waals surface area contributed by atoms with Gasteiger partial charge in [0, 0.05) is 30.0 Å². The predicted octanol–water partition coefficient (Wildman–Crippen LogP) is 2.08. The van der Waals surface area contributed by atoms with E-state index in [4.69, 9.17) is 0 Å². The average molecular weight is 371 g/mol. The largest absolute Gasteiger partial charge is 0.348 e. The van der Waals surface area contributed by atoms with Crippen LogP contribution >= 0.6 is 0 Å². The van der Waals surface area contributed by atoms with Crippen LogP contribution in [-0.4, -0.2) is 43.4 Å². The standard InChI is InChI=1S/C19H21N3O3S/c23-19(21-16-8-11-26(24,25)13-16)15-7-9-20-18(12-15)22-10-3-5-14-4-1-2-6-17(14)22/h1-2,4,6-7,9,12,16H,3,5,8,10-11,13H2,(H,21,23). The van der Waals surface area contributed by atoms with Crippen LogP contribution in [0.1, 0.15) is 28.8 Å². The molecule has 1 saturated heterocycles. The SMILES string of the molecule is O=C(NC1CCS(=O)(=O)C1)c1ccnc(N2CCCc3ccccc32)c1. The fourth-order valence-corrected chi connectivity index (χ4v) is 5.33. The molecule has 0 bridgehead atoms. The van der Waals surface area contributed by atoms with E-state index in [1.165, 1.54) is 5.56 Å². The van der Waals surface area contributed by atoms with Crippen molar-refractivity contribution >= 4 is 27.2 Å². The van der Waals surface area contributed by atoms with Crippen LogP contribution in [0.2, 0.25) is 0 Å². The van der Waals surface area contributed by atoms with E-state index < -0.39 is 9.84 Å². The van der Waals surface area contributed by atoms with Crippen molar-refractivity contribution in [3.05, 3.63) is 53.7 Å². The summed E-state index contributed by atoms with van der Waals surface area (Å²) < 4.78 is 23.1. The Hall–Kier alpha value is -2.41. The summed E-state index contributed by atoms with van der Waals surface area (Å²) in [5.41, 5.74) is 2.92. The molecule has 4 rings (SSSR count). The van der Waals surface area contributed by atoms with E-state index in [9.17, 15) is 13.2 Å². The number of rotatable bonds is 3. The number of aromatic nitrogens is 1. The fourth-order valence-electron chi connectivity index (χ4n) is 3.66. The van der Waals surface area contributed by atoms with Gasteiger partial charge >= 0.3 is 0 Å². The number of nitrogens with zero attached hydrogens (tertiary/aromatic N) is 2. The molecule has 0 saturated carbocycles. The quantitative estimate of drug-likeness (QED) is 0.894. The van der Waals surface area contributed by atoms with Gasteiger partial charge in [0.05, 0.1) is 11.5 Å². The molecular weight excluding hydrogens is 350 g/mol. The normalized spacial score (nSPS) is 21.2. The van der Waals surface area contributed by atoms with Crippen LogP contribution in [-0.2, 0) is 16.3 Å². The first-order chi connectivity index (χ1) is 12.5. The summed E-state index contributed by atoms with van der Waals surface area (Å²) in [6.45, 7) is 0.857. The van der Waals surface area contributed by atoms with Crippen molar-refractivity contribution in [2.75, 3.05) is 23.0 Å². The first kappa shape index (κ1) is 17.0. The third kappa shape index (κ3) is 3.44. The highest BCUT2D eigenvalue weighted by Crippen LogP contribution is 2.32. The third-order valence-corrected chi connectivity index (χ3v) is 6.73. The van der Waals surface area contributed by atoms with Crippen molar-refractivity contribution in [1.82, 2.24) is 10.3 Å². The van der Waals surface area contributed by atoms with Gasteiger partial charge in [-0.25, -0.2) is 13.4 Å². The lowest BCUT2D eigenvalue weighted by molar-refractivity contribution is 0.0941.